The summed E-state index contributed by atoms with van der Waals surface area (Å²) in [4.78, 5) is 0. The van der Waals surface area contributed by atoms with E-state index in [1.165, 1.54) is 0 Å². The van der Waals surface area contributed by atoms with Crippen LogP contribution in [-0.2, 0) is 0 Å². The average molecular weight is 288 g/mol. The largest absolute Gasteiger partial charge is 0.393 e. The SMILES string of the molecule is CC(NC1CCCC(O)C1)c1ccc(Cl)c(Cl)c1. The zero-order valence-corrected chi connectivity index (χ0v) is 12.0. The molecule has 2 N–H and O–H groups in total. The van der Waals surface area contributed by atoms with E-state index in [1.54, 1.807) is 0 Å². The molecule has 0 aromatic heterocycles. The summed E-state index contributed by atoms with van der Waals surface area (Å²) in [6.07, 6.45) is 3.83. The Morgan fingerprint density at radius 2 is 2.06 bits per heavy atom. The number of benzene rings is 1. The molecule has 18 heavy (non-hydrogen) atoms. The van der Waals surface area contributed by atoms with Gasteiger partial charge in [0.25, 0.3) is 0 Å². The highest BCUT2D eigenvalue weighted by Crippen LogP contribution is 2.27. The van der Waals surface area contributed by atoms with Gasteiger partial charge in [-0.2, -0.15) is 0 Å². The van der Waals surface area contributed by atoms with Crippen LogP contribution in [0.5, 0.6) is 0 Å². The van der Waals surface area contributed by atoms with Crippen LogP contribution in [0.2, 0.25) is 10.0 Å². The smallest absolute Gasteiger partial charge is 0.0595 e. The van der Waals surface area contributed by atoms with Crippen molar-refractivity contribution in [3.63, 3.8) is 0 Å². The van der Waals surface area contributed by atoms with Gasteiger partial charge < -0.3 is 10.4 Å². The van der Waals surface area contributed by atoms with Crippen molar-refractivity contribution in [3.8, 4) is 0 Å². The van der Waals surface area contributed by atoms with Crippen LogP contribution in [0.3, 0.4) is 0 Å². The first-order chi connectivity index (χ1) is 8.56. The van der Waals surface area contributed by atoms with E-state index in [1.807, 2.05) is 18.2 Å². The Labute approximate surface area is 118 Å². The second kappa shape index (κ2) is 6.25. The second-order valence-electron chi connectivity index (χ2n) is 5.08. The molecule has 2 nitrogen and oxygen atoms in total. The molecule has 2 rings (SSSR count). The third-order valence-corrected chi connectivity index (χ3v) is 4.31. The lowest BCUT2D eigenvalue weighted by Crippen LogP contribution is -2.37. The van der Waals surface area contributed by atoms with Crippen molar-refractivity contribution in [1.82, 2.24) is 5.32 Å². The van der Waals surface area contributed by atoms with Crippen molar-refractivity contribution in [3.05, 3.63) is 33.8 Å². The fourth-order valence-corrected chi connectivity index (χ4v) is 2.85. The Kier molecular flexibility index (Phi) is 4.91. The molecule has 1 aromatic rings. The maximum Gasteiger partial charge on any atom is 0.0595 e. The number of nitrogens with one attached hydrogen (secondary N) is 1. The topological polar surface area (TPSA) is 32.3 Å². The van der Waals surface area contributed by atoms with Crippen molar-refractivity contribution in [2.24, 2.45) is 0 Å². The molecule has 1 saturated carbocycles. The molecule has 1 aliphatic rings. The van der Waals surface area contributed by atoms with Gasteiger partial charge in [0.15, 0.2) is 0 Å². The van der Waals surface area contributed by atoms with Gasteiger partial charge in [0.2, 0.25) is 0 Å². The minimum absolute atomic E-state index is 0.155. The highest BCUT2D eigenvalue weighted by Gasteiger charge is 2.21. The minimum Gasteiger partial charge on any atom is -0.393 e. The van der Waals surface area contributed by atoms with Crippen LogP contribution in [-0.4, -0.2) is 17.3 Å². The number of aliphatic hydroxyl groups is 1. The molecular weight excluding hydrogens is 269 g/mol. The van der Waals surface area contributed by atoms with Gasteiger partial charge in [-0.15, -0.1) is 0 Å². The first kappa shape index (κ1) is 14.1. The van der Waals surface area contributed by atoms with E-state index in [4.69, 9.17) is 23.2 Å². The molecule has 0 amide bonds. The summed E-state index contributed by atoms with van der Waals surface area (Å²) >= 11 is 11.9. The van der Waals surface area contributed by atoms with Crippen molar-refractivity contribution in [2.45, 2.75) is 50.8 Å². The van der Waals surface area contributed by atoms with Crippen LogP contribution in [0.25, 0.3) is 0 Å². The molecule has 0 heterocycles. The Morgan fingerprint density at radius 1 is 1.28 bits per heavy atom. The first-order valence-electron chi connectivity index (χ1n) is 6.45. The van der Waals surface area contributed by atoms with Gasteiger partial charge in [0, 0.05) is 12.1 Å². The Morgan fingerprint density at radius 3 is 2.72 bits per heavy atom. The van der Waals surface area contributed by atoms with E-state index in [0.717, 1.165) is 31.2 Å². The van der Waals surface area contributed by atoms with Gasteiger partial charge in [-0.1, -0.05) is 29.3 Å². The van der Waals surface area contributed by atoms with Crippen molar-refractivity contribution in [1.29, 1.82) is 0 Å². The lowest BCUT2D eigenvalue weighted by atomic mass is 9.92. The lowest BCUT2D eigenvalue weighted by molar-refractivity contribution is 0.109. The van der Waals surface area contributed by atoms with Crippen LogP contribution < -0.4 is 5.32 Å². The third kappa shape index (κ3) is 3.61. The summed E-state index contributed by atoms with van der Waals surface area (Å²) in [5.74, 6) is 0. The van der Waals surface area contributed by atoms with Crippen molar-refractivity contribution < 1.29 is 5.11 Å². The minimum atomic E-state index is -0.155. The number of hydrogen-bond acceptors (Lipinski definition) is 2. The molecule has 1 fully saturated rings. The molecule has 4 heteroatoms. The molecule has 100 valence electrons. The third-order valence-electron chi connectivity index (χ3n) is 3.58. The molecule has 3 unspecified atom stereocenters. The van der Waals surface area contributed by atoms with Crippen LogP contribution in [0, 0.1) is 0 Å². The number of hydrogen-bond donors (Lipinski definition) is 2. The summed E-state index contributed by atoms with van der Waals surface area (Å²) < 4.78 is 0. The van der Waals surface area contributed by atoms with Gasteiger partial charge >= 0.3 is 0 Å². The van der Waals surface area contributed by atoms with Gasteiger partial charge in [0.1, 0.15) is 0 Å². The fraction of sp³-hybridized carbons (Fsp3) is 0.571. The maximum atomic E-state index is 9.66. The molecule has 0 bridgehead atoms. The highest BCUT2D eigenvalue weighted by atomic mass is 35.5. The summed E-state index contributed by atoms with van der Waals surface area (Å²) in [5, 5.41) is 14.4. The van der Waals surface area contributed by atoms with Gasteiger partial charge in [0.05, 0.1) is 16.1 Å². The summed E-state index contributed by atoms with van der Waals surface area (Å²) in [5.41, 5.74) is 1.13. The van der Waals surface area contributed by atoms with E-state index in [0.29, 0.717) is 16.1 Å². The maximum absolute atomic E-state index is 9.66. The molecular formula is C14H19Cl2NO. The normalized spacial score (nSPS) is 26.0. The molecule has 1 aromatic carbocycles. The predicted molar refractivity (Wildman–Crippen MR) is 76.3 cm³/mol. The Bertz CT molecular complexity index is 411. The molecule has 1 aliphatic carbocycles. The van der Waals surface area contributed by atoms with Crippen molar-refractivity contribution in [2.75, 3.05) is 0 Å². The van der Waals surface area contributed by atoms with E-state index < -0.39 is 0 Å². The van der Waals surface area contributed by atoms with E-state index in [9.17, 15) is 5.11 Å². The lowest BCUT2D eigenvalue weighted by Gasteiger charge is -2.29. The first-order valence-corrected chi connectivity index (χ1v) is 7.21. The monoisotopic (exact) mass is 287 g/mol. The zero-order chi connectivity index (χ0) is 13.1. The molecule has 0 spiro atoms. The molecule has 3 atom stereocenters. The molecule has 0 aliphatic heterocycles. The van der Waals surface area contributed by atoms with Crippen LogP contribution in [0.4, 0.5) is 0 Å². The predicted octanol–water partition coefficient (Wildman–Crippen LogP) is 3.95. The average Bonchev–Trinajstić information content (AvgIpc) is 2.32. The Balaban J connectivity index is 1.98. The second-order valence-corrected chi connectivity index (χ2v) is 5.89. The number of halogens is 2. The standard InChI is InChI=1S/C14H19Cl2NO/c1-9(10-5-6-13(15)14(16)7-10)17-11-3-2-4-12(18)8-11/h5-7,9,11-12,17-18H,2-4,8H2,1H3. The number of aliphatic hydroxyl groups excluding tert-OH is 1. The highest BCUT2D eigenvalue weighted by molar-refractivity contribution is 6.42. The van der Waals surface area contributed by atoms with E-state index in [-0.39, 0.29) is 12.1 Å². The van der Waals surface area contributed by atoms with Crippen LogP contribution in [0.15, 0.2) is 18.2 Å². The summed E-state index contributed by atoms with van der Waals surface area (Å²) in [6, 6.07) is 6.33. The van der Waals surface area contributed by atoms with Gasteiger partial charge in [-0.05, 0) is 50.3 Å². The molecule has 0 radical (unpaired) electrons. The van der Waals surface area contributed by atoms with Crippen LogP contribution in [0.1, 0.15) is 44.2 Å². The number of rotatable bonds is 3. The van der Waals surface area contributed by atoms with Gasteiger partial charge in [-0.3, -0.25) is 0 Å². The van der Waals surface area contributed by atoms with E-state index >= 15 is 0 Å². The quantitative estimate of drug-likeness (QED) is 0.882. The zero-order valence-electron chi connectivity index (χ0n) is 10.5. The van der Waals surface area contributed by atoms with E-state index in [2.05, 4.69) is 12.2 Å². The Hall–Kier alpha value is -0.280. The molecule has 0 saturated heterocycles. The summed E-state index contributed by atoms with van der Waals surface area (Å²) in [6.45, 7) is 2.11. The van der Waals surface area contributed by atoms with Gasteiger partial charge in [-0.25, -0.2) is 0 Å². The van der Waals surface area contributed by atoms with Crippen LogP contribution >= 0.6 is 23.2 Å². The van der Waals surface area contributed by atoms with Crippen molar-refractivity contribution >= 4 is 23.2 Å². The summed E-state index contributed by atoms with van der Waals surface area (Å²) in [7, 11) is 0. The fourth-order valence-electron chi connectivity index (χ4n) is 2.55.